The molecule has 0 saturated carbocycles. The Morgan fingerprint density at radius 1 is 1.27 bits per heavy atom. The van der Waals surface area contributed by atoms with Gasteiger partial charge in [0.2, 0.25) is 5.91 Å². The quantitative estimate of drug-likeness (QED) is 0.770. The fraction of sp³-hybridized carbons (Fsp3) is 0.333. The zero-order valence-electron chi connectivity index (χ0n) is 14.7. The van der Waals surface area contributed by atoms with Gasteiger partial charge in [-0.1, -0.05) is 5.16 Å². The van der Waals surface area contributed by atoms with Gasteiger partial charge in [-0.25, -0.2) is 4.98 Å². The maximum absolute atomic E-state index is 12.3. The summed E-state index contributed by atoms with van der Waals surface area (Å²) in [7, 11) is 1.61. The third-order valence-corrected chi connectivity index (χ3v) is 4.50. The number of amides is 1. The summed E-state index contributed by atoms with van der Waals surface area (Å²) in [4.78, 5) is 22.5. The average molecular weight is 353 g/mol. The maximum atomic E-state index is 12.3. The molecule has 1 aliphatic rings. The Morgan fingerprint density at radius 3 is 2.96 bits per heavy atom. The number of rotatable bonds is 4. The van der Waals surface area contributed by atoms with Crippen LogP contribution < -0.4 is 15.0 Å². The van der Waals surface area contributed by atoms with Gasteiger partial charge < -0.3 is 19.5 Å². The topological polar surface area (TPSA) is 93.4 Å². The molecule has 0 spiro atoms. The number of nitrogens with one attached hydrogen (secondary N) is 1. The lowest BCUT2D eigenvalue weighted by Crippen LogP contribution is -2.35. The molecule has 1 saturated heterocycles. The predicted octanol–water partition coefficient (Wildman–Crippen LogP) is 3.20. The van der Waals surface area contributed by atoms with Crippen LogP contribution in [0.2, 0.25) is 0 Å². The molecule has 8 heteroatoms. The summed E-state index contributed by atoms with van der Waals surface area (Å²) < 4.78 is 10.6. The summed E-state index contributed by atoms with van der Waals surface area (Å²) in [5.41, 5.74) is 2.69. The normalized spacial score (nSPS) is 14.7. The minimum Gasteiger partial charge on any atom is -0.495 e. The number of benzene rings is 1. The Hall–Kier alpha value is -3.16. The van der Waals surface area contributed by atoms with E-state index in [9.17, 15) is 4.79 Å². The first kappa shape index (κ1) is 16.3. The van der Waals surface area contributed by atoms with Gasteiger partial charge in [-0.15, -0.1) is 0 Å². The van der Waals surface area contributed by atoms with Gasteiger partial charge in [-0.2, -0.15) is 4.98 Å². The number of aromatic nitrogens is 3. The van der Waals surface area contributed by atoms with Crippen LogP contribution in [0.5, 0.6) is 5.75 Å². The number of hydrogen-bond acceptors (Lipinski definition) is 7. The summed E-state index contributed by atoms with van der Waals surface area (Å²) >= 11 is 0. The molecule has 2 aromatic heterocycles. The second-order valence-electron chi connectivity index (χ2n) is 6.18. The van der Waals surface area contributed by atoms with Crippen molar-refractivity contribution in [2.45, 2.75) is 26.2 Å². The number of carbonyl (C=O) groups is 1. The number of anilines is 3. The molecule has 0 aliphatic carbocycles. The molecule has 0 atom stereocenters. The molecule has 1 aromatic carbocycles. The van der Waals surface area contributed by atoms with Crippen LogP contribution in [-0.2, 0) is 4.79 Å². The third-order valence-electron chi connectivity index (χ3n) is 4.50. The van der Waals surface area contributed by atoms with E-state index < -0.39 is 0 Å². The van der Waals surface area contributed by atoms with Crippen LogP contribution in [0.1, 0.15) is 25.0 Å². The first-order chi connectivity index (χ1) is 12.7. The van der Waals surface area contributed by atoms with Crippen molar-refractivity contribution in [3.63, 3.8) is 0 Å². The highest BCUT2D eigenvalue weighted by Crippen LogP contribution is 2.35. The molecule has 3 heterocycles. The standard InChI is InChI=1S/C18H19N5O3/c1-11-16-17(19-10-20-18(16)26-22-11)21-12-6-7-14(25-2)13(9-12)23-8-4-3-5-15(23)24/h6-7,9-10H,3-5,8H2,1-2H3,(H,19,20,21). The number of hydrogen-bond donors (Lipinski definition) is 1. The van der Waals surface area contributed by atoms with E-state index in [0.29, 0.717) is 35.9 Å². The Balaban J connectivity index is 1.72. The minimum atomic E-state index is 0.117. The van der Waals surface area contributed by atoms with Crippen LogP contribution in [0.3, 0.4) is 0 Å². The summed E-state index contributed by atoms with van der Waals surface area (Å²) in [5, 5.41) is 7.95. The molecule has 134 valence electrons. The van der Waals surface area contributed by atoms with Crippen LogP contribution in [-0.4, -0.2) is 34.7 Å². The SMILES string of the molecule is COc1ccc(Nc2ncnc3onc(C)c23)cc1N1CCCCC1=O. The van der Waals surface area contributed by atoms with E-state index in [1.54, 1.807) is 12.0 Å². The van der Waals surface area contributed by atoms with E-state index in [2.05, 4.69) is 20.4 Å². The largest absolute Gasteiger partial charge is 0.495 e. The van der Waals surface area contributed by atoms with E-state index >= 15 is 0 Å². The summed E-state index contributed by atoms with van der Waals surface area (Å²) in [6.07, 6.45) is 3.90. The van der Waals surface area contributed by atoms with E-state index in [1.807, 2.05) is 25.1 Å². The van der Waals surface area contributed by atoms with Crippen molar-refractivity contribution in [3.8, 4) is 5.75 Å². The van der Waals surface area contributed by atoms with Crippen molar-refractivity contribution in [1.82, 2.24) is 15.1 Å². The first-order valence-electron chi connectivity index (χ1n) is 8.50. The number of methoxy groups -OCH3 is 1. The molecular formula is C18H19N5O3. The van der Waals surface area contributed by atoms with Crippen molar-refractivity contribution in [2.75, 3.05) is 23.9 Å². The fourth-order valence-electron chi connectivity index (χ4n) is 3.19. The van der Waals surface area contributed by atoms with Gasteiger partial charge >= 0.3 is 0 Å². The number of aryl methyl sites for hydroxylation is 1. The van der Waals surface area contributed by atoms with E-state index in [1.165, 1.54) is 6.33 Å². The van der Waals surface area contributed by atoms with Crippen LogP contribution in [0, 0.1) is 6.92 Å². The highest BCUT2D eigenvalue weighted by atomic mass is 16.5. The molecule has 1 aliphatic heterocycles. The van der Waals surface area contributed by atoms with Crippen LogP contribution in [0.25, 0.3) is 11.1 Å². The van der Waals surface area contributed by atoms with Crippen LogP contribution in [0.15, 0.2) is 29.0 Å². The molecule has 0 bridgehead atoms. The minimum absolute atomic E-state index is 0.117. The van der Waals surface area contributed by atoms with Crippen molar-refractivity contribution >= 4 is 34.2 Å². The zero-order chi connectivity index (χ0) is 18.1. The lowest BCUT2D eigenvalue weighted by atomic mass is 10.1. The predicted molar refractivity (Wildman–Crippen MR) is 96.8 cm³/mol. The summed E-state index contributed by atoms with van der Waals surface area (Å²) in [6, 6.07) is 5.63. The molecule has 8 nitrogen and oxygen atoms in total. The first-order valence-corrected chi connectivity index (χ1v) is 8.50. The lowest BCUT2D eigenvalue weighted by molar-refractivity contribution is -0.119. The fourth-order valence-corrected chi connectivity index (χ4v) is 3.19. The Kier molecular flexibility index (Phi) is 4.16. The van der Waals surface area contributed by atoms with Crippen LogP contribution >= 0.6 is 0 Å². The highest BCUT2D eigenvalue weighted by Gasteiger charge is 2.23. The highest BCUT2D eigenvalue weighted by molar-refractivity contribution is 5.96. The molecule has 0 radical (unpaired) electrons. The number of nitrogens with zero attached hydrogens (tertiary/aromatic N) is 4. The maximum Gasteiger partial charge on any atom is 0.263 e. The Bertz CT molecular complexity index is 969. The smallest absolute Gasteiger partial charge is 0.263 e. The van der Waals surface area contributed by atoms with E-state index in [-0.39, 0.29) is 5.91 Å². The second-order valence-corrected chi connectivity index (χ2v) is 6.18. The Morgan fingerprint density at radius 2 is 2.15 bits per heavy atom. The molecule has 1 fully saturated rings. The molecule has 0 unspecified atom stereocenters. The number of carbonyl (C=O) groups excluding carboxylic acids is 1. The summed E-state index contributed by atoms with van der Waals surface area (Å²) in [5.74, 6) is 1.39. The molecular weight excluding hydrogens is 334 g/mol. The van der Waals surface area contributed by atoms with Crippen molar-refractivity contribution < 1.29 is 14.1 Å². The Labute approximate surface area is 150 Å². The summed E-state index contributed by atoms with van der Waals surface area (Å²) in [6.45, 7) is 2.54. The van der Waals surface area contributed by atoms with Crippen LogP contribution in [0.4, 0.5) is 17.2 Å². The molecule has 4 rings (SSSR count). The lowest BCUT2D eigenvalue weighted by Gasteiger charge is -2.28. The molecule has 1 amide bonds. The van der Waals surface area contributed by atoms with Crippen molar-refractivity contribution in [1.29, 1.82) is 0 Å². The van der Waals surface area contributed by atoms with Gasteiger partial charge in [-0.3, -0.25) is 4.79 Å². The van der Waals surface area contributed by atoms with Crippen molar-refractivity contribution in [2.24, 2.45) is 0 Å². The molecule has 3 aromatic rings. The van der Waals surface area contributed by atoms with Gasteiger partial charge in [0, 0.05) is 18.7 Å². The van der Waals surface area contributed by atoms with Gasteiger partial charge in [0.1, 0.15) is 23.3 Å². The molecule has 26 heavy (non-hydrogen) atoms. The van der Waals surface area contributed by atoms with Gasteiger partial charge in [0.25, 0.3) is 5.71 Å². The third kappa shape index (κ3) is 2.83. The van der Waals surface area contributed by atoms with E-state index in [0.717, 1.165) is 29.6 Å². The van der Waals surface area contributed by atoms with Gasteiger partial charge in [0.05, 0.1) is 18.5 Å². The average Bonchev–Trinajstić information content (AvgIpc) is 3.04. The zero-order valence-corrected chi connectivity index (χ0v) is 14.7. The number of ether oxygens (including phenoxy) is 1. The second kappa shape index (κ2) is 6.62. The molecule has 1 N–H and O–H groups in total. The van der Waals surface area contributed by atoms with E-state index in [4.69, 9.17) is 9.26 Å². The monoisotopic (exact) mass is 353 g/mol. The number of piperidine rings is 1. The van der Waals surface area contributed by atoms with Gasteiger partial charge in [0.15, 0.2) is 0 Å². The van der Waals surface area contributed by atoms with Gasteiger partial charge in [-0.05, 0) is 38.0 Å². The number of fused-ring (bicyclic) bond motifs is 1. The van der Waals surface area contributed by atoms with Crippen molar-refractivity contribution in [3.05, 3.63) is 30.2 Å².